The third-order valence-electron chi connectivity index (χ3n) is 4.98. The number of aryl methyl sites for hydroxylation is 1. The molecule has 0 bridgehead atoms. The maximum atomic E-state index is 12.2. The van der Waals surface area contributed by atoms with Crippen molar-refractivity contribution < 1.29 is 9.53 Å². The van der Waals surface area contributed by atoms with Gasteiger partial charge in [0.05, 0.1) is 6.04 Å². The predicted octanol–water partition coefficient (Wildman–Crippen LogP) is 2.79. The molecule has 0 spiro atoms. The Morgan fingerprint density at radius 2 is 2.14 bits per heavy atom. The smallest absolute Gasteiger partial charge is 0.220 e. The first-order valence-electron chi connectivity index (χ1n) is 7.84. The van der Waals surface area contributed by atoms with E-state index in [1.54, 1.807) is 0 Å². The molecule has 3 rings (SSSR count). The van der Waals surface area contributed by atoms with Gasteiger partial charge in [0.1, 0.15) is 12.4 Å². The molecule has 1 aromatic rings. The molecule has 1 amide bonds. The van der Waals surface area contributed by atoms with E-state index in [0.717, 1.165) is 30.6 Å². The van der Waals surface area contributed by atoms with Crippen LogP contribution in [0.4, 0.5) is 0 Å². The van der Waals surface area contributed by atoms with Gasteiger partial charge >= 0.3 is 0 Å². The molecule has 1 saturated carbocycles. The van der Waals surface area contributed by atoms with E-state index in [2.05, 4.69) is 31.3 Å². The first kappa shape index (κ1) is 17.1. The second-order valence-electron chi connectivity index (χ2n) is 6.42. The molecule has 3 N–H and O–H groups in total. The number of amides is 1. The summed E-state index contributed by atoms with van der Waals surface area (Å²) >= 11 is 0. The van der Waals surface area contributed by atoms with Crippen LogP contribution >= 0.6 is 12.4 Å². The van der Waals surface area contributed by atoms with Crippen molar-refractivity contribution in [3.63, 3.8) is 0 Å². The van der Waals surface area contributed by atoms with Gasteiger partial charge in [0.15, 0.2) is 0 Å². The number of hydrogen-bond donors (Lipinski definition) is 2. The molecule has 3 atom stereocenters. The van der Waals surface area contributed by atoms with Crippen LogP contribution < -0.4 is 15.8 Å². The van der Waals surface area contributed by atoms with Gasteiger partial charge in [-0.2, -0.15) is 0 Å². The van der Waals surface area contributed by atoms with E-state index in [0.29, 0.717) is 18.9 Å². The van der Waals surface area contributed by atoms with E-state index in [9.17, 15) is 4.79 Å². The highest BCUT2D eigenvalue weighted by atomic mass is 35.5. The lowest BCUT2D eigenvalue weighted by molar-refractivity contribution is -0.122. The van der Waals surface area contributed by atoms with Crippen molar-refractivity contribution in [3.05, 3.63) is 28.8 Å². The molecule has 1 fully saturated rings. The number of rotatable bonds is 3. The highest BCUT2D eigenvalue weighted by Gasteiger charge is 2.30. The zero-order valence-corrected chi connectivity index (χ0v) is 14.0. The Labute approximate surface area is 138 Å². The Morgan fingerprint density at radius 1 is 1.36 bits per heavy atom. The Balaban J connectivity index is 0.00000176. The second-order valence-corrected chi connectivity index (χ2v) is 6.42. The summed E-state index contributed by atoms with van der Waals surface area (Å²) in [6.45, 7) is 4.67. The number of carbonyl (C=O) groups excluding carboxylic acids is 1. The second kappa shape index (κ2) is 6.88. The third-order valence-corrected chi connectivity index (χ3v) is 4.98. The molecule has 2 aliphatic rings. The van der Waals surface area contributed by atoms with Crippen LogP contribution in [0.2, 0.25) is 0 Å². The molecule has 5 heteroatoms. The Bertz CT molecular complexity index is 562. The monoisotopic (exact) mass is 324 g/mol. The van der Waals surface area contributed by atoms with E-state index < -0.39 is 0 Å². The summed E-state index contributed by atoms with van der Waals surface area (Å²) in [5.74, 6) is 1.38. The third kappa shape index (κ3) is 3.23. The van der Waals surface area contributed by atoms with Gasteiger partial charge in [-0.15, -0.1) is 12.4 Å². The number of carbonyl (C=O) groups is 1. The molecule has 0 saturated heterocycles. The summed E-state index contributed by atoms with van der Waals surface area (Å²) in [6, 6.07) is 4.32. The normalized spacial score (nSPS) is 26.0. The summed E-state index contributed by atoms with van der Waals surface area (Å²) in [6.07, 6.45) is 3.81. The SMILES string of the molecule is Cc1ccc2c(c1C)OCC2NC(=O)C[C@@H]1CCC[C@H]1N.Cl. The van der Waals surface area contributed by atoms with Gasteiger partial charge in [0, 0.05) is 18.0 Å². The minimum absolute atomic E-state index is 0. The van der Waals surface area contributed by atoms with Crippen LogP contribution in [0, 0.1) is 19.8 Å². The average molecular weight is 325 g/mol. The lowest BCUT2D eigenvalue weighted by atomic mass is 9.98. The van der Waals surface area contributed by atoms with E-state index >= 15 is 0 Å². The molecule has 1 heterocycles. The van der Waals surface area contributed by atoms with E-state index in [4.69, 9.17) is 10.5 Å². The number of hydrogen-bond acceptors (Lipinski definition) is 3. The van der Waals surface area contributed by atoms with E-state index in [-0.39, 0.29) is 30.4 Å². The molecular formula is C17H25ClN2O2. The largest absolute Gasteiger partial charge is 0.490 e. The summed E-state index contributed by atoms with van der Waals surface area (Å²) in [5.41, 5.74) is 9.53. The van der Waals surface area contributed by atoms with E-state index in [1.807, 2.05) is 0 Å². The Morgan fingerprint density at radius 3 is 2.82 bits per heavy atom. The molecule has 1 aliphatic heterocycles. The van der Waals surface area contributed by atoms with Gasteiger partial charge in [-0.1, -0.05) is 18.6 Å². The van der Waals surface area contributed by atoms with Crippen molar-refractivity contribution in [1.82, 2.24) is 5.32 Å². The zero-order valence-electron chi connectivity index (χ0n) is 13.2. The van der Waals surface area contributed by atoms with Gasteiger partial charge < -0.3 is 15.8 Å². The predicted molar refractivity (Wildman–Crippen MR) is 89.5 cm³/mol. The molecule has 0 radical (unpaired) electrons. The fourth-order valence-corrected chi connectivity index (χ4v) is 3.46. The van der Waals surface area contributed by atoms with Crippen LogP contribution in [0.5, 0.6) is 5.75 Å². The first-order valence-corrected chi connectivity index (χ1v) is 7.84. The van der Waals surface area contributed by atoms with Gasteiger partial charge in [-0.05, 0) is 43.7 Å². The summed E-state index contributed by atoms with van der Waals surface area (Å²) < 4.78 is 5.78. The fraction of sp³-hybridized carbons (Fsp3) is 0.588. The van der Waals surface area contributed by atoms with Crippen LogP contribution in [0.15, 0.2) is 12.1 Å². The minimum atomic E-state index is -0.0237. The highest BCUT2D eigenvalue weighted by Crippen LogP contribution is 2.37. The van der Waals surface area contributed by atoms with E-state index in [1.165, 1.54) is 11.1 Å². The lowest BCUT2D eigenvalue weighted by Crippen LogP contribution is -2.34. The molecule has 122 valence electrons. The van der Waals surface area contributed by atoms with Crippen molar-refractivity contribution in [1.29, 1.82) is 0 Å². The fourth-order valence-electron chi connectivity index (χ4n) is 3.46. The van der Waals surface area contributed by atoms with Crippen molar-refractivity contribution in [2.75, 3.05) is 6.61 Å². The standard InChI is InChI=1S/C17H24N2O2.ClH/c1-10-6-7-13-15(9-21-17(13)11(10)2)19-16(20)8-12-4-3-5-14(12)18;/h6-7,12,14-15H,3-5,8-9,18H2,1-2H3,(H,19,20);1H/t12-,14+,15?;/m0./s1. The van der Waals surface area contributed by atoms with Crippen LogP contribution in [-0.4, -0.2) is 18.6 Å². The lowest BCUT2D eigenvalue weighted by Gasteiger charge is -2.17. The summed E-state index contributed by atoms with van der Waals surface area (Å²) in [5, 5.41) is 3.11. The number of ether oxygens (including phenoxy) is 1. The molecule has 0 aromatic heterocycles. The molecule has 22 heavy (non-hydrogen) atoms. The number of benzene rings is 1. The number of nitrogens with two attached hydrogens (primary N) is 1. The summed E-state index contributed by atoms with van der Waals surface area (Å²) in [7, 11) is 0. The van der Waals surface area contributed by atoms with Gasteiger partial charge in [-0.3, -0.25) is 4.79 Å². The molecular weight excluding hydrogens is 300 g/mol. The summed E-state index contributed by atoms with van der Waals surface area (Å²) in [4.78, 5) is 12.2. The van der Waals surface area contributed by atoms with Crippen LogP contribution in [0.3, 0.4) is 0 Å². The number of fused-ring (bicyclic) bond motifs is 1. The molecule has 4 nitrogen and oxygen atoms in total. The Kier molecular flexibility index (Phi) is 5.35. The van der Waals surface area contributed by atoms with Crippen molar-refractivity contribution in [2.24, 2.45) is 11.7 Å². The van der Waals surface area contributed by atoms with Crippen molar-refractivity contribution >= 4 is 18.3 Å². The topological polar surface area (TPSA) is 64.3 Å². The zero-order chi connectivity index (χ0) is 15.0. The molecule has 1 aliphatic carbocycles. The number of halogens is 1. The van der Waals surface area contributed by atoms with Crippen LogP contribution in [0.25, 0.3) is 0 Å². The minimum Gasteiger partial charge on any atom is -0.490 e. The Hall–Kier alpha value is -1.26. The highest BCUT2D eigenvalue weighted by molar-refractivity contribution is 5.85. The van der Waals surface area contributed by atoms with Gasteiger partial charge in [-0.25, -0.2) is 0 Å². The number of nitrogens with one attached hydrogen (secondary N) is 1. The quantitative estimate of drug-likeness (QED) is 0.898. The van der Waals surface area contributed by atoms with Gasteiger partial charge in [0.2, 0.25) is 5.91 Å². The maximum absolute atomic E-state index is 12.2. The molecule has 1 unspecified atom stereocenters. The van der Waals surface area contributed by atoms with Crippen molar-refractivity contribution in [3.8, 4) is 5.75 Å². The average Bonchev–Trinajstić information content (AvgIpc) is 3.02. The first-order chi connectivity index (χ1) is 10.1. The van der Waals surface area contributed by atoms with Crippen LogP contribution in [0.1, 0.15) is 48.4 Å². The van der Waals surface area contributed by atoms with Crippen LogP contribution in [-0.2, 0) is 4.79 Å². The maximum Gasteiger partial charge on any atom is 0.220 e. The van der Waals surface area contributed by atoms with Crippen molar-refractivity contribution in [2.45, 2.75) is 51.6 Å². The van der Waals surface area contributed by atoms with Gasteiger partial charge in [0.25, 0.3) is 0 Å². The molecule has 1 aromatic carbocycles.